The molecule has 1 aromatic heterocycles. The van der Waals surface area contributed by atoms with Crippen LogP contribution < -0.4 is 10.1 Å². The van der Waals surface area contributed by atoms with Gasteiger partial charge >= 0.3 is 0 Å². The van der Waals surface area contributed by atoms with Gasteiger partial charge in [-0.05, 0) is 29.8 Å². The van der Waals surface area contributed by atoms with Gasteiger partial charge in [0, 0.05) is 11.6 Å². The van der Waals surface area contributed by atoms with Gasteiger partial charge in [0.1, 0.15) is 12.1 Å². The molecule has 0 unspecified atom stereocenters. The number of amides is 1. The quantitative estimate of drug-likeness (QED) is 0.629. The van der Waals surface area contributed by atoms with Crippen molar-refractivity contribution in [2.45, 2.75) is 11.7 Å². The number of benzene rings is 2. The van der Waals surface area contributed by atoms with Crippen LogP contribution in [0.4, 0.5) is 0 Å². The second kappa shape index (κ2) is 8.73. The zero-order valence-corrected chi connectivity index (χ0v) is 15.6. The highest BCUT2D eigenvalue weighted by Gasteiger charge is 2.13. The summed E-state index contributed by atoms with van der Waals surface area (Å²) in [4.78, 5) is 12.1. The van der Waals surface area contributed by atoms with Gasteiger partial charge in [-0.25, -0.2) is 0 Å². The lowest BCUT2D eigenvalue weighted by Crippen LogP contribution is -2.24. The first kappa shape index (κ1) is 18.3. The van der Waals surface area contributed by atoms with Crippen LogP contribution in [0.25, 0.3) is 5.69 Å². The van der Waals surface area contributed by atoms with E-state index in [-0.39, 0.29) is 11.7 Å². The first-order chi connectivity index (χ1) is 12.7. The van der Waals surface area contributed by atoms with Crippen molar-refractivity contribution in [2.24, 2.45) is 0 Å². The van der Waals surface area contributed by atoms with Crippen molar-refractivity contribution >= 4 is 29.3 Å². The molecule has 3 aromatic rings. The summed E-state index contributed by atoms with van der Waals surface area (Å²) in [7, 11) is 1.61. The fraction of sp³-hybridized carbons (Fsp3) is 0.167. The SMILES string of the molecule is COc1ccccc1-n1cnnc1SCC(=O)NCc1ccc(Cl)cc1. The van der Waals surface area contributed by atoms with Crippen LogP contribution in [-0.4, -0.2) is 33.5 Å². The van der Waals surface area contributed by atoms with Crippen molar-refractivity contribution in [1.82, 2.24) is 20.1 Å². The number of para-hydroxylation sites is 2. The molecule has 0 fully saturated rings. The Morgan fingerprint density at radius 3 is 2.77 bits per heavy atom. The van der Waals surface area contributed by atoms with Gasteiger partial charge in [-0.2, -0.15) is 0 Å². The van der Waals surface area contributed by atoms with Gasteiger partial charge in [-0.3, -0.25) is 9.36 Å². The van der Waals surface area contributed by atoms with Gasteiger partial charge in [0.2, 0.25) is 5.91 Å². The highest BCUT2D eigenvalue weighted by atomic mass is 35.5. The van der Waals surface area contributed by atoms with E-state index in [1.165, 1.54) is 11.8 Å². The van der Waals surface area contributed by atoms with Crippen LogP contribution in [0.3, 0.4) is 0 Å². The Morgan fingerprint density at radius 1 is 1.23 bits per heavy atom. The van der Waals surface area contributed by atoms with Crippen LogP contribution in [-0.2, 0) is 11.3 Å². The smallest absolute Gasteiger partial charge is 0.230 e. The molecular formula is C18H17ClN4O2S. The van der Waals surface area contributed by atoms with E-state index < -0.39 is 0 Å². The van der Waals surface area contributed by atoms with Gasteiger partial charge in [0.15, 0.2) is 5.16 Å². The summed E-state index contributed by atoms with van der Waals surface area (Å²) in [5.41, 5.74) is 1.81. The number of carbonyl (C=O) groups is 1. The summed E-state index contributed by atoms with van der Waals surface area (Å²) in [5.74, 6) is 0.863. The monoisotopic (exact) mass is 388 g/mol. The lowest BCUT2D eigenvalue weighted by Gasteiger charge is -2.10. The van der Waals surface area contributed by atoms with Gasteiger partial charge in [-0.15, -0.1) is 10.2 Å². The lowest BCUT2D eigenvalue weighted by molar-refractivity contribution is -0.118. The number of carbonyl (C=O) groups excluding carboxylic acids is 1. The number of rotatable bonds is 7. The second-order valence-electron chi connectivity index (χ2n) is 5.35. The molecule has 0 saturated carbocycles. The summed E-state index contributed by atoms with van der Waals surface area (Å²) in [5, 5.41) is 12.2. The fourth-order valence-electron chi connectivity index (χ4n) is 2.30. The van der Waals surface area contributed by atoms with Gasteiger partial charge in [0.25, 0.3) is 0 Å². The Hall–Kier alpha value is -2.51. The Balaban J connectivity index is 1.59. The summed E-state index contributed by atoms with van der Waals surface area (Å²) >= 11 is 7.17. The highest BCUT2D eigenvalue weighted by Crippen LogP contribution is 2.26. The molecule has 3 rings (SSSR count). The number of thioether (sulfide) groups is 1. The number of ether oxygens (including phenoxy) is 1. The van der Waals surface area contributed by atoms with E-state index in [4.69, 9.17) is 16.3 Å². The Bertz CT molecular complexity index is 883. The molecule has 0 aliphatic heterocycles. The molecule has 0 aliphatic rings. The third-order valence-electron chi connectivity index (χ3n) is 3.60. The van der Waals surface area contributed by atoms with Crippen LogP contribution in [0, 0.1) is 0 Å². The first-order valence-electron chi connectivity index (χ1n) is 7.84. The summed E-state index contributed by atoms with van der Waals surface area (Å²) in [6.07, 6.45) is 1.60. The minimum Gasteiger partial charge on any atom is -0.495 e. The number of nitrogens with zero attached hydrogens (tertiary/aromatic N) is 3. The number of hydrogen-bond acceptors (Lipinski definition) is 5. The molecule has 0 aliphatic carbocycles. The average molecular weight is 389 g/mol. The first-order valence-corrected chi connectivity index (χ1v) is 9.21. The minimum absolute atomic E-state index is 0.0838. The third kappa shape index (κ3) is 4.56. The van der Waals surface area contributed by atoms with Gasteiger partial charge in [-0.1, -0.05) is 47.6 Å². The third-order valence-corrected chi connectivity index (χ3v) is 4.79. The molecule has 2 aromatic carbocycles. The maximum Gasteiger partial charge on any atom is 0.230 e. The van der Waals surface area contributed by atoms with E-state index in [1.54, 1.807) is 30.1 Å². The molecular weight excluding hydrogens is 372 g/mol. The topological polar surface area (TPSA) is 69.0 Å². The minimum atomic E-state index is -0.0838. The largest absolute Gasteiger partial charge is 0.495 e. The van der Waals surface area contributed by atoms with Crippen molar-refractivity contribution in [3.05, 3.63) is 65.4 Å². The Labute approximate surface area is 160 Å². The molecule has 0 radical (unpaired) electrons. The Morgan fingerprint density at radius 2 is 2.00 bits per heavy atom. The molecule has 1 N–H and O–H groups in total. The zero-order valence-electron chi connectivity index (χ0n) is 14.1. The van der Waals surface area contributed by atoms with E-state index in [1.807, 2.05) is 36.4 Å². The summed E-state index contributed by atoms with van der Waals surface area (Å²) in [6.45, 7) is 0.454. The summed E-state index contributed by atoms with van der Waals surface area (Å²) in [6, 6.07) is 14.9. The molecule has 1 amide bonds. The number of halogens is 1. The highest BCUT2D eigenvalue weighted by molar-refractivity contribution is 7.99. The van der Waals surface area contributed by atoms with E-state index >= 15 is 0 Å². The van der Waals surface area contributed by atoms with Crippen LogP contribution >= 0.6 is 23.4 Å². The normalized spacial score (nSPS) is 10.5. The van der Waals surface area contributed by atoms with Gasteiger partial charge < -0.3 is 10.1 Å². The van der Waals surface area contributed by atoms with Crippen LogP contribution in [0.5, 0.6) is 5.75 Å². The standard InChI is InChI=1S/C18H17ClN4O2S/c1-25-16-5-3-2-4-15(16)23-12-21-22-18(23)26-11-17(24)20-10-13-6-8-14(19)9-7-13/h2-9,12H,10-11H2,1H3,(H,20,24). The van der Waals surface area contributed by atoms with Crippen LogP contribution in [0.15, 0.2) is 60.0 Å². The maximum absolute atomic E-state index is 12.1. The van der Waals surface area contributed by atoms with Crippen molar-refractivity contribution in [1.29, 1.82) is 0 Å². The molecule has 8 heteroatoms. The van der Waals surface area contributed by atoms with Crippen molar-refractivity contribution < 1.29 is 9.53 Å². The molecule has 0 atom stereocenters. The molecule has 26 heavy (non-hydrogen) atoms. The van der Waals surface area contributed by atoms with E-state index in [0.29, 0.717) is 22.5 Å². The van der Waals surface area contributed by atoms with E-state index in [2.05, 4.69) is 15.5 Å². The number of hydrogen-bond donors (Lipinski definition) is 1. The fourth-order valence-corrected chi connectivity index (χ4v) is 3.18. The number of methoxy groups -OCH3 is 1. The maximum atomic E-state index is 12.1. The number of aromatic nitrogens is 3. The summed E-state index contributed by atoms with van der Waals surface area (Å²) < 4.78 is 7.17. The molecule has 0 saturated heterocycles. The molecule has 0 spiro atoms. The van der Waals surface area contributed by atoms with Crippen LogP contribution in [0.1, 0.15) is 5.56 Å². The van der Waals surface area contributed by atoms with Gasteiger partial charge in [0.05, 0.1) is 18.6 Å². The predicted molar refractivity (Wildman–Crippen MR) is 102 cm³/mol. The van der Waals surface area contributed by atoms with E-state index in [0.717, 1.165) is 11.3 Å². The number of nitrogens with one attached hydrogen (secondary N) is 1. The average Bonchev–Trinajstić information content (AvgIpc) is 3.14. The predicted octanol–water partition coefficient (Wildman–Crippen LogP) is 3.34. The lowest BCUT2D eigenvalue weighted by atomic mass is 10.2. The van der Waals surface area contributed by atoms with Crippen molar-refractivity contribution in [2.75, 3.05) is 12.9 Å². The van der Waals surface area contributed by atoms with Crippen molar-refractivity contribution in [3.8, 4) is 11.4 Å². The molecule has 1 heterocycles. The molecule has 0 bridgehead atoms. The molecule has 134 valence electrons. The zero-order chi connectivity index (χ0) is 18.4. The Kier molecular flexibility index (Phi) is 6.14. The second-order valence-corrected chi connectivity index (χ2v) is 6.73. The van der Waals surface area contributed by atoms with Crippen LogP contribution in [0.2, 0.25) is 5.02 Å². The van der Waals surface area contributed by atoms with Crippen molar-refractivity contribution in [3.63, 3.8) is 0 Å². The van der Waals surface area contributed by atoms with E-state index in [9.17, 15) is 4.79 Å². The molecule has 6 nitrogen and oxygen atoms in total.